The normalized spacial score (nSPS) is 12.2. The second-order valence-corrected chi connectivity index (χ2v) is 10.4. The standard InChI is InChI=1S/C24H52NO4P/c1-5-7-9-11-13-15-17-19-22-27-30(26,29-24-21-25(3)4)28-23-20-18-16-14-12-10-8-6-2/h5-24H2,1-4H3. The summed E-state index contributed by atoms with van der Waals surface area (Å²) < 4.78 is 29.7. The second kappa shape index (κ2) is 22.3. The molecule has 0 fully saturated rings. The summed E-state index contributed by atoms with van der Waals surface area (Å²) in [6, 6.07) is 0. The molecule has 0 saturated heterocycles. The Kier molecular flexibility index (Phi) is 22.3. The maximum absolute atomic E-state index is 12.9. The van der Waals surface area contributed by atoms with Crippen LogP contribution in [0, 0.1) is 0 Å². The monoisotopic (exact) mass is 449 g/mol. The lowest BCUT2D eigenvalue weighted by atomic mass is 10.1. The van der Waals surface area contributed by atoms with E-state index >= 15 is 0 Å². The number of hydrogen-bond donors (Lipinski definition) is 0. The van der Waals surface area contributed by atoms with Crippen LogP contribution >= 0.6 is 7.82 Å². The van der Waals surface area contributed by atoms with Crippen molar-refractivity contribution in [2.45, 2.75) is 117 Å². The molecule has 0 heterocycles. The van der Waals surface area contributed by atoms with Crippen LogP contribution in [0.2, 0.25) is 0 Å². The van der Waals surface area contributed by atoms with E-state index in [0.29, 0.717) is 26.4 Å². The van der Waals surface area contributed by atoms with Gasteiger partial charge in [0.15, 0.2) is 0 Å². The van der Waals surface area contributed by atoms with E-state index in [1.807, 2.05) is 19.0 Å². The molecule has 0 radical (unpaired) electrons. The number of phosphoric ester groups is 1. The van der Waals surface area contributed by atoms with Crippen LogP contribution in [0.5, 0.6) is 0 Å². The van der Waals surface area contributed by atoms with Crippen LogP contribution in [0.3, 0.4) is 0 Å². The van der Waals surface area contributed by atoms with Crippen LogP contribution in [0.15, 0.2) is 0 Å². The van der Waals surface area contributed by atoms with E-state index in [4.69, 9.17) is 13.6 Å². The highest BCUT2D eigenvalue weighted by molar-refractivity contribution is 7.48. The molecule has 0 bridgehead atoms. The van der Waals surface area contributed by atoms with E-state index in [1.54, 1.807) is 0 Å². The maximum atomic E-state index is 12.9. The van der Waals surface area contributed by atoms with Crippen molar-refractivity contribution in [3.63, 3.8) is 0 Å². The summed E-state index contributed by atoms with van der Waals surface area (Å²) in [5.41, 5.74) is 0. The molecule has 0 aliphatic heterocycles. The molecule has 0 N–H and O–H groups in total. The molecule has 0 aromatic heterocycles. The largest absolute Gasteiger partial charge is 0.474 e. The van der Waals surface area contributed by atoms with Gasteiger partial charge >= 0.3 is 7.82 Å². The SMILES string of the molecule is CCCCCCCCCCOP(=O)(OCCCCCCCCCC)OCCN(C)C. The molecule has 0 amide bonds. The average molecular weight is 450 g/mol. The van der Waals surface area contributed by atoms with Gasteiger partial charge in [-0.05, 0) is 26.9 Å². The number of nitrogens with zero attached hydrogens (tertiary/aromatic N) is 1. The molecule has 182 valence electrons. The molecule has 0 aliphatic rings. The van der Waals surface area contributed by atoms with Gasteiger partial charge in [-0.1, -0.05) is 104 Å². The zero-order chi connectivity index (χ0) is 22.3. The highest BCUT2D eigenvalue weighted by Crippen LogP contribution is 2.49. The van der Waals surface area contributed by atoms with Crippen LogP contribution < -0.4 is 0 Å². The third-order valence-corrected chi connectivity index (χ3v) is 6.78. The second-order valence-electron chi connectivity index (χ2n) is 8.70. The lowest BCUT2D eigenvalue weighted by molar-refractivity contribution is 0.104. The molecule has 0 aromatic carbocycles. The first kappa shape index (κ1) is 30.1. The zero-order valence-electron chi connectivity index (χ0n) is 20.7. The van der Waals surface area contributed by atoms with Crippen LogP contribution in [0.25, 0.3) is 0 Å². The summed E-state index contributed by atoms with van der Waals surface area (Å²) in [7, 11) is 0.496. The highest BCUT2D eigenvalue weighted by atomic mass is 31.2. The van der Waals surface area contributed by atoms with E-state index < -0.39 is 7.82 Å². The molecule has 6 heteroatoms. The molecule has 0 unspecified atom stereocenters. The molecular weight excluding hydrogens is 397 g/mol. The van der Waals surface area contributed by atoms with Crippen molar-refractivity contribution < 1.29 is 18.1 Å². The molecule has 0 aromatic rings. The van der Waals surface area contributed by atoms with E-state index in [2.05, 4.69) is 13.8 Å². The van der Waals surface area contributed by atoms with E-state index in [0.717, 1.165) is 25.7 Å². The fourth-order valence-electron chi connectivity index (χ4n) is 3.27. The summed E-state index contributed by atoms with van der Waals surface area (Å²) in [6.07, 6.45) is 19.6. The number of phosphoric acid groups is 1. The molecule has 0 atom stereocenters. The van der Waals surface area contributed by atoms with Gasteiger partial charge in [0.25, 0.3) is 0 Å². The number of likely N-dealkylation sites (N-methyl/N-ethyl adjacent to an activating group) is 1. The smallest absolute Gasteiger partial charge is 0.307 e. The summed E-state index contributed by atoms with van der Waals surface area (Å²) in [5, 5.41) is 0. The lowest BCUT2D eigenvalue weighted by Gasteiger charge is -2.19. The maximum Gasteiger partial charge on any atom is 0.474 e. The Bertz CT molecular complexity index is 367. The predicted molar refractivity (Wildman–Crippen MR) is 129 cm³/mol. The zero-order valence-corrected chi connectivity index (χ0v) is 21.6. The summed E-state index contributed by atoms with van der Waals surface area (Å²) in [4.78, 5) is 2.00. The van der Waals surface area contributed by atoms with Crippen molar-refractivity contribution in [3.05, 3.63) is 0 Å². The Morgan fingerprint density at radius 3 is 1.23 bits per heavy atom. The third-order valence-electron chi connectivity index (χ3n) is 5.28. The van der Waals surface area contributed by atoms with Gasteiger partial charge in [0.05, 0.1) is 19.8 Å². The Morgan fingerprint density at radius 1 is 0.533 bits per heavy atom. The summed E-state index contributed by atoms with van der Waals surface area (Å²) in [6.45, 7) is 6.45. The predicted octanol–water partition coefficient (Wildman–Crippen LogP) is 7.99. The first-order valence-electron chi connectivity index (χ1n) is 12.7. The Morgan fingerprint density at radius 2 is 0.867 bits per heavy atom. The van der Waals surface area contributed by atoms with Gasteiger partial charge < -0.3 is 4.90 Å². The highest BCUT2D eigenvalue weighted by Gasteiger charge is 2.26. The fraction of sp³-hybridized carbons (Fsp3) is 1.00. The van der Waals surface area contributed by atoms with Gasteiger partial charge in [-0.15, -0.1) is 0 Å². The molecule has 0 spiro atoms. The fourth-order valence-corrected chi connectivity index (χ4v) is 4.51. The van der Waals surface area contributed by atoms with Crippen LogP contribution in [-0.2, 0) is 18.1 Å². The van der Waals surface area contributed by atoms with E-state index in [1.165, 1.54) is 77.0 Å². The van der Waals surface area contributed by atoms with Gasteiger partial charge in [0.1, 0.15) is 0 Å². The lowest BCUT2D eigenvalue weighted by Crippen LogP contribution is -2.18. The molecule has 0 aliphatic carbocycles. The summed E-state index contributed by atoms with van der Waals surface area (Å²) in [5.74, 6) is 0. The summed E-state index contributed by atoms with van der Waals surface area (Å²) >= 11 is 0. The molecule has 0 saturated carbocycles. The van der Waals surface area contributed by atoms with Gasteiger partial charge in [0, 0.05) is 6.54 Å². The molecular formula is C24H52NO4P. The van der Waals surface area contributed by atoms with Crippen molar-refractivity contribution in [1.29, 1.82) is 0 Å². The van der Waals surface area contributed by atoms with Gasteiger partial charge in [0.2, 0.25) is 0 Å². The number of hydrogen-bond acceptors (Lipinski definition) is 5. The van der Waals surface area contributed by atoms with Crippen LogP contribution in [-0.4, -0.2) is 45.4 Å². The first-order valence-corrected chi connectivity index (χ1v) is 14.2. The quantitative estimate of drug-likeness (QED) is 0.110. The van der Waals surface area contributed by atoms with Crippen molar-refractivity contribution >= 4 is 7.82 Å². The van der Waals surface area contributed by atoms with E-state index in [-0.39, 0.29) is 0 Å². The van der Waals surface area contributed by atoms with Crippen LogP contribution in [0.4, 0.5) is 0 Å². The van der Waals surface area contributed by atoms with Crippen molar-refractivity contribution in [1.82, 2.24) is 4.90 Å². The van der Waals surface area contributed by atoms with Crippen molar-refractivity contribution in [2.24, 2.45) is 0 Å². The molecule has 30 heavy (non-hydrogen) atoms. The Labute approximate surface area is 188 Å². The van der Waals surface area contributed by atoms with E-state index in [9.17, 15) is 4.57 Å². The molecule has 0 rings (SSSR count). The van der Waals surface area contributed by atoms with Gasteiger partial charge in [-0.3, -0.25) is 13.6 Å². The van der Waals surface area contributed by atoms with Crippen molar-refractivity contribution in [3.8, 4) is 0 Å². The van der Waals surface area contributed by atoms with Gasteiger partial charge in [-0.2, -0.15) is 0 Å². The molecule has 5 nitrogen and oxygen atoms in total. The Hall–Kier alpha value is 0.0700. The third kappa shape index (κ3) is 21.3. The minimum absolute atomic E-state index is 0.360. The first-order chi connectivity index (χ1) is 14.5. The van der Waals surface area contributed by atoms with Crippen LogP contribution in [0.1, 0.15) is 117 Å². The Balaban J connectivity index is 3.96. The van der Waals surface area contributed by atoms with Gasteiger partial charge in [-0.25, -0.2) is 4.57 Å². The number of unbranched alkanes of at least 4 members (excludes halogenated alkanes) is 14. The average Bonchev–Trinajstić information content (AvgIpc) is 2.71. The number of rotatable bonds is 24. The minimum atomic E-state index is -3.44. The minimum Gasteiger partial charge on any atom is -0.307 e. The topological polar surface area (TPSA) is 48.0 Å². The van der Waals surface area contributed by atoms with Crippen molar-refractivity contribution in [2.75, 3.05) is 40.5 Å².